The Labute approximate surface area is 120 Å². The number of benzene rings is 1. The molecule has 4 nitrogen and oxygen atoms in total. The van der Waals surface area contributed by atoms with E-state index in [0.29, 0.717) is 18.9 Å². The number of rotatable bonds is 6. The largest absolute Gasteiger partial charge is 0.493 e. The van der Waals surface area contributed by atoms with Gasteiger partial charge in [0.2, 0.25) is 5.91 Å². The highest BCUT2D eigenvalue weighted by Gasteiger charge is 2.25. The maximum Gasteiger partial charge on any atom is 0.226 e. The van der Waals surface area contributed by atoms with Gasteiger partial charge in [0, 0.05) is 19.7 Å². The number of ether oxygens (including phenoxy) is 1. The number of nitrogens with zero attached hydrogens (tertiary/aromatic N) is 1. The highest BCUT2D eigenvalue weighted by molar-refractivity contribution is 5.76. The van der Waals surface area contributed by atoms with E-state index >= 15 is 0 Å². The lowest BCUT2D eigenvalue weighted by Crippen LogP contribution is -2.29. The van der Waals surface area contributed by atoms with Crippen LogP contribution >= 0.6 is 0 Å². The van der Waals surface area contributed by atoms with Gasteiger partial charge in [-0.15, -0.1) is 0 Å². The lowest BCUT2D eigenvalue weighted by Gasteiger charge is -2.16. The summed E-state index contributed by atoms with van der Waals surface area (Å²) in [5.74, 6) is 1.43. The predicted octanol–water partition coefficient (Wildman–Crippen LogP) is 1.99. The fraction of sp³-hybridized carbons (Fsp3) is 0.562. The smallest absolute Gasteiger partial charge is 0.226 e. The van der Waals surface area contributed by atoms with E-state index in [9.17, 15) is 4.79 Å². The molecule has 0 saturated carbocycles. The van der Waals surface area contributed by atoms with Gasteiger partial charge in [0.25, 0.3) is 0 Å². The normalized spacial score (nSPS) is 18.3. The van der Waals surface area contributed by atoms with Crippen LogP contribution in [0.15, 0.2) is 24.3 Å². The topological polar surface area (TPSA) is 49.8 Å². The first-order chi connectivity index (χ1) is 9.69. The molecule has 1 amide bonds. The zero-order valence-electron chi connectivity index (χ0n) is 12.0. The maximum atomic E-state index is 12.0. The quantitative estimate of drug-likeness (QED) is 0.865. The van der Waals surface area contributed by atoms with Gasteiger partial charge in [-0.05, 0) is 43.4 Å². The molecule has 1 aromatic carbocycles. The molecule has 1 aliphatic rings. The molecule has 0 aliphatic carbocycles. The zero-order valence-corrected chi connectivity index (χ0v) is 12.0. The molecule has 20 heavy (non-hydrogen) atoms. The highest BCUT2D eigenvalue weighted by Crippen LogP contribution is 2.20. The lowest BCUT2D eigenvalue weighted by atomic mass is 10.1. The molecule has 1 atom stereocenters. The van der Waals surface area contributed by atoms with Crippen LogP contribution in [0.1, 0.15) is 24.8 Å². The molecule has 1 fully saturated rings. The Morgan fingerprint density at radius 1 is 1.50 bits per heavy atom. The molecule has 0 spiro atoms. The van der Waals surface area contributed by atoms with Crippen molar-refractivity contribution in [2.75, 3.05) is 26.3 Å². The SMILES string of the molecule is Cc1cccc(OCCC(=O)N2CCC(CCO)C2)c1. The highest BCUT2D eigenvalue weighted by atomic mass is 16.5. The average molecular weight is 277 g/mol. The van der Waals surface area contributed by atoms with Crippen molar-refractivity contribution in [3.8, 4) is 5.75 Å². The van der Waals surface area contributed by atoms with Crippen LogP contribution in [0.25, 0.3) is 0 Å². The summed E-state index contributed by atoms with van der Waals surface area (Å²) in [6.45, 7) is 4.24. The van der Waals surface area contributed by atoms with Crippen molar-refractivity contribution in [3.63, 3.8) is 0 Å². The lowest BCUT2D eigenvalue weighted by molar-refractivity contribution is -0.130. The Morgan fingerprint density at radius 2 is 2.35 bits per heavy atom. The van der Waals surface area contributed by atoms with Crippen molar-refractivity contribution in [1.82, 2.24) is 4.90 Å². The van der Waals surface area contributed by atoms with Crippen LogP contribution < -0.4 is 4.74 Å². The molecule has 1 heterocycles. The van der Waals surface area contributed by atoms with Gasteiger partial charge in [-0.2, -0.15) is 0 Å². The second-order valence-corrected chi connectivity index (χ2v) is 5.42. The number of aryl methyl sites for hydroxylation is 1. The van der Waals surface area contributed by atoms with Crippen LogP contribution in [0.3, 0.4) is 0 Å². The second-order valence-electron chi connectivity index (χ2n) is 5.42. The van der Waals surface area contributed by atoms with Crippen LogP contribution in [-0.4, -0.2) is 42.2 Å². The van der Waals surface area contributed by atoms with E-state index in [2.05, 4.69) is 0 Å². The summed E-state index contributed by atoms with van der Waals surface area (Å²) in [6, 6.07) is 7.85. The van der Waals surface area contributed by atoms with Crippen molar-refractivity contribution in [2.45, 2.75) is 26.2 Å². The molecule has 1 aliphatic heterocycles. The first kappa shape index (κ1) is 14.9. The minimum atomic E-state index is 0.151. The van der Waals surface area contributed by atoms with Gasteiger partial charge in [0.1, 0.15) is 5.75 Å². The van der Waals surface area contributed by atoms with Crippen LogP contribution in [0.2, 0.25) is 0 Å². The zero-order chi connectivity index (χ0) is 14.4. The minimum absolute atomic E-state index is 0.151. The van der Waals surface area contributed by atoms with E-state index < -0.39 is 0 Å². The van der Waals surface area contributed by atoms with Crippen LogP contribution in [-0.2, 0) is 4.79 Å². The third-order valence-corrected chi connectivity index (χ3v) is 3.75. The molecule has 110 valence electrons. The summed E-state index contributed by atoms with van der Waals surface area (Å²) in [6.07, 6.45) is 2.22. The second kappa shape index (κ2) is 7.29. The number of likely N-dealkylation sites (tertiary alicyclic amines) is 1. The Balaban J connectivity index is 1.70. The third kappa shape index (κ3) is 4.23. The van der Waals surface area contributed by atoms with E-state index in [0.717, 1.165) is 37.2 Å². The van der Waals surface area contributed by atoms with Crippen LogP contribution in [0.4, 0.5) is 0 Å². The summed E-state index contributed by atoms with van der Waals surface area (Å²) >= 11 is 0. The van der Waals surface area contributed by atoms with Gasteiger partial charge in [0.05, 0.1) is 13.0 Å². The van der Waals surface area contributed by atoms with Gasteiger partial charge < -0.3 is 14.7 Å². The van der Waals surface area contributed by atoms with Gasteiger partial charge in [-0.1, -0.05) is 12.1 Å². The molecule has 1 aromatic rings. The van der Waals surface area contributed by atoms with Crippen molar-refractivity contribution in [1.29, 1.82) is 0 Å². The fourth-order valence-electron chi connectivity index (χ4n) is 2.60. The minimum Gasteiger partial charge on any atom is -0.493 e. The number of carbonyl (C=O) groups excluding carboxylic acids is 1. The van der Waals surface area contributed by atoms with E-state index in [-0.39, 0.29) is 12.5 Å². The Morgan fingerprint density at radius 3 is 3.10 bits per heavy atom. The first-order valence-corrected chi connectivity index (χ1v) is 7.27. The number of hydrogen-bond donors (Lipinski definition) is 1. The third-order valence-electron chi connectivity index (χ3n) is 3.75. The first-order valence-electron chi connectivity index (χ1n) is 7.27. The van der Waals surface area contributed by atoms with Gasteiger partial charge >= 0.3 is 0 Å². The summed E-state index contributed by atoms with van der Waals surface area (Å²) in [5.41, 5.74) is 1.15. The maximum absolute atomic E-state index is 12.0. The van der Waals surface area contributed by atoms with E-state index in [1.807, 2.05) is 36.1 Å². The van der Waals surface area contributed by atoms with Crippen molar-refractivity contribution in [3.05, 3.63) is 29.8 Å². The fourth-order valence-corrected chi connectivity index (χ4v) is 2.60. The van der Waals surface area contributed by atoms with E-state index in [1.165, 1.54) is 0 Å². The molecule has 1 saturated heterocycles. The van der Waals surface area contributed by atoms with Crippen LogP contribution in [0, 0.1) is 12.8 Å². The summed E-state index contributed by atoms with van der Waals surface area (Å²) in [5, 5.41) is 8.92. The number of amides is 1. The molecular weight excluding hydrogens is 254 g/mol. The molecule has 1 unspecified atom stereocenters. The Hall–Kier alpha value is -1.55. The number of hydrogen-bond acceptors (Lipinski definition) is 3. The summed E-state index contributed by atoms with van der Waals surface area (Å²) in [4.78, 5) is 13.9. The number of aliphatic hydroxyl groups is 1. The molecule has 0 radical (unpaired) electrons. The number of carbonyl (C=O) groups is 1. The summed E-state index contributed by atoms with van der Waals surface area (Å²) < 4.78 is 5.60. The molecule has 2 rings (SSSR count). The standard InChI is InChI=1S/C16H23NO3/c1-13-3-2-4-15(11-13)20-10-7-16(19)17-8-5-14(12-17)6-9-18/h2-4,11,14,18H,5-10,12H2,1H3. The monoisotopic (exact) mass is 277 g/mol. The van der Waals surface area contributed by atoms with Gasteiger partial charge in [0.15, 0.2) is 0 Å². The molecule has 0 aromatic heterocycles. The Bertz CT molecular complexity index is 447. The van der Waals surface area contributed by atoms with E-state index in [4.69, 9.17) is 9.84 Å². The van der Waals surface area contributed by atoms with Crippen molar-refractivity contribution < 1.29 is 14.6 Å². The van der Waals surface area contributed by atoms with Crippen LogP contribution in [0.5, 0.6) is 5.75 Å². The summed E-state index contributed by atoms with van der Waals surface area (Å²) in [7, 11) is 0. The molecular formula is C16H23NO3. The van der Waals surface area contributed by atoms with Crippen molar-refractivity contribution >= 4 is 5.91 Å². The number of aliphatic hydroxyl groups excluding tert-OH is 1. The van der Waals surface area contributed by atoms with Crippen molar-refractivity contribution in [2.24, 2.45) is 5.92 Å². The van der Waals surface area contributed by atoms with Gasteiger partial charge in [-0.25, -0.2) is 0 Å². The van der Waals surface area contributed by atoms with E-state index in [1.54, 1.807) is 0 Å². The Kier molecular flexibility index (Phi) is 5.41. The average Bonchev–Trinajstić information content (AvgIpc) is 2.88. The molecule has 1 N–H and O–H groups in total. The molecule has 4 heteroatoms. The predicted molar refractivity (Wildman–Crippen MR) is 77.7 cm³/mol. The molecule has 0 bridgehead atoms. The van der Waals surface area contributed by atoms with Gasteiger partial charge in [-0.3, -0.25) is 4.79 Å².